The van der Waals surface area contributed by atoms with E-state index in [4.69, 9.17) is 4.74 Å². The monoisotopic (exact) mass is 266 g/mol. The maximum atomic E-state index is 10.3. The van der Waals surface area contributed by atoms with Crippen LogP contribution in [0.4, 0.5) is 0 Å². The van der Waals surface area contributed by atoms with Gasteiger partial charge in [-0.3, -0.25) is 4.68 Å². The molecule has 0 aliphatic heterocycles. The summed E-state index contributed by atoms with van der Waals surface area (Å²) in [5.41, 5.74) is 0.957. The summed E-state index contributed by atoms with van der Waals surface area (Å²) in [6.45, 7) is 6.96. The summed E-state index contributed by atoms with van der Waals surface area (Å²) in [6, 6.07) is 2.42. The number of ether oxygens (including phenoxy) is 1. The lowest BCUT2D eigenvalue weighted by molar-refractivity contribution is -0.0443. The van der Waals surface area contributed by atoms with Gasteiger partial charge in [-0.1, -0.05) is 6.92 Å². The molecular weight excluding hydrogens is 240 g/mol. The highest BCUT2D eigenvalue weighted by Crippen LogP contribution is 2.36. The van der Waals surface area contributed by atoms with Crippen LogP contribution in [-0.4, -0.2) is 33.7 Å². The number of aliphatic hydroxyl groups is 1. The van der Waals surface area contributed by atoms with Crippen LogP contribution in [0.1, 0.15) is 51.8 Å². The molecule has 19 heavy (non-hydrogen) atoms. The second-order valence-electron chi connectivity index (χ2n) is 5.57. The van der Waals surface area contributed by atoms with Crippen LogP contribution in [-0.2, 0) is 11.2 Å². The highest BCUT2D eigenvalue weighted by Gasteiger charge is 2.36. The number of aromatic nitrogens is 2. The summed E-state index contributed by atoms with van der Waals surface area (Å²) >= 11 is 0. The van der Waals surface area contributed by atoms with Crippen LogP contribution in [0.25, 0.3) is 0 Å². The quantitative estimate of drug-likeness (QED) is 0.786. The van der Waals surface area contributed by atoms with E-state index in [0.717, 1.165) is 12.1 Å². The van der Waals surface area contributed by atoms with E-state index < -0.39 is 6.10 Å². The lowest BCUT2D eigenvalue weighted by atomic mass is 10.0. The molecule has 4 nitrogen and oxygen atoms in total. The topological polar surface area (TPSA) is 47.3 Å². The zero-order valence-electron chi connectivity index (χ0n) is 12.2. The van der Waals surface area contributed by atoms with Crippen molar-refractivity contribution in [2.45, 2.75) is 64.7 Å². The first-order valence-electron chi connectivity index (χ1n) is 7.49. The molecule has 0 radical (unpaired) electrons. The Morgan fingerprint density at radius 3 is 2.79 bits per heavy atom. The minimum absolute atomic E-state index is 0.0150. The first-order chi connectivity index (χ1) is 9.15. The number of rotatable bonds is 8. The Kier molecular flexibility index (Phi) is 4.99. The van der Waals surface area contributed by atoms with E-state index in [0.29, 0.717) is 25.0 Å². The molecule has 0 aromatic carbocycles. The molecule has 1 fully saturated rings. The largest absolute Gasteiger partial charge is 0.390 e. The van der Waals surface area contributed by atoms with E-state index in [9.17, 15) is 5.11 Å². The van der Waals surface area contributed by atoms with E-state index in [1.54, 1.807) is 0 Å². The average Bonchev–Trinajstić information content (AvgIpc) is 3.14. The van der Waals surface area contributed by atoms with Gasteiger partial charge in [0.15, 0.2) is 0 Å². The molecule has 1 aromatic heterocycles. The molecule has 1 heterocycles. The highest BCUT2D eigenvalue weighted by molar-refractivity contribution is 5.03. The van der Waals surface area contributed by atoms with Gasteiger partial charge in [0.05, 0.1) is 17.9 Å². The SMILES string of the molecule is CCOC(C(O)Cc1ccn(C(C)CC)n1)C1CC1. The lowest BCUT2D eigenvalue weighted by Gasteiger charge is -2.22. The summed E-state index contributed by atoms with van der Waals surface area (Å²) in [4.78, 5) is 0. The second kappa shape index (κ2) is 6.53. The van der Waals surface area contributed by atoms with Crippen molar-refractivity contribution in [3.8, 4) is 0 Å². The number of hydrogen-bond donors (Lipinski definition) is 1. The van der Waals surface area contributed by atoms with Gasteiger partial charge in [-0.25, -0.2) is 0 Å². The van der Waals surface area contributed by atoms with Crippen molar-refractivity contribution in [1.29, 1.82) is 0 Å². The van der Waals surface area contributed by atoms with Crippen LogP contribution < -0.4 is 0 Å². The third-order valence-corrected chi connectivity index (χ3v) is 3.95. The Balaban J connectivity index is 1.93. The van der Waals surface area contributed by atoms with E-state index in [-0.39, 0.29) is 6.10 Å². The van der Waals surface area contributed by atoms with Gasteiger partial charge in [-0.05, 0) is 45.1 Å². The third kappa shape index (κ3) is 3.80. The van der Waals surface area contributed by atoms with Crippen molar-refractivity contribution >= 4 is 0 Å². The van der Waals surface area contributed by atoms with Crippen molar-refractivity contribution in [3.05, 3.63) is 18.0 Å². The third-order valence-electron chi connectivity index (χ3n) is 3.95. The first kappa shape index (κ1) is 14.5. The molecule has 3 unspecified atom stereocenters. The van der Waals surface area contributed by atoms with Crippen molar-refractivity contribution < 1.29 is 9.84 Å². The maximum absolute atomic E-state index is 10.3. The van der Waals surface area contributed by atoms with Gasteiger partial charge in [0, 0.05) is 25.3 Å². The molecule has 0 amide bonds. The van der Waals surface area contributed by atoms with Crippen LogP contribution in [0.5, 0.6) is 0 Å². The normalized spacial score (nSPS) is 20.2. The van der Waals surface area contributed by atoms with Gasteiger partial charge in [-0.2, -0.15) is 5.10 Å². The molecule has 1 aliphatic rings. The van der Waals surface area contributed by atoms with Crippen LogP contribution in [0.2, 0.25) is 0 Å². The fraction of sp³-hybridized carbons (Fsp3) is 0.800. The average molecular weight is 266 g/mol. The zero-order chi connectivity index (χ0) is 13.8. The summed E-state index contributed by atoms with van der Waals surface area (Å²) in [7, 11) is 0. The minimum Gasteiger partial charge on any atom is -0.390 e. The molecule has 1 saturated carbocycles. The molecule has 4 heteroatoms. The molecule has 1 aliphatic carbocycles. The van der Waals surface area contributed by atoms with Crippen LogP contribution in [0.3, 0.4) is 0 Å². The Morgan fingerprint density at radius 2 is 2.21 bits per heavy atom. The van der Waals surface area contributed by atoms with Gasteiger partial charge >= 0.3 is 0 Å². The fourth-order valence-electron chi connectivity index (χ4n) is 2.43. The smallest absolute Gasteiger partial charge is 0.0865 e. The van der Waals surface area contributed by atoms with Crippen molar-refractivity contribution in [2.24, 2.45) is 5.92 Å². The van der Waals surface area contributed by atoms with Gasteiger partial charge in [0.2, 0.25) is 0 Å². The minimum atomic E-state index is -0.437. The molecule has 2 rings (SSSR count). The molecule has 1 N–H and O–H groups in total. The number of nitrogens with zero attached hydrogens (tertiary/aromatic N) is 2. The zero-order valence-corrected chi connectivity index (χ0v) is 12.2. The fourth-order valence-corrected chi connectivity index (χ4v) is 2.43. The Hall–Kier alpha value is -0.870. The molecular formula is C15H26N2O2. The van der Waals surface area contributed by atoms with Crippen LogP contribution in [0, 0.1) is 5.92 Å². The second-order valence-corrected chi connectivity index (χ2v) is 5.57. The van der Waals surface area contributed by atoms with E-state index >= 15 is 0 Å². The Bertz CT molecular complexity index is 387. The summed E-state index contributed by atoms with van der Waals surface area (Å²) in [5.74, 6) is 0.548. The summed E-state index contributed by atoms with van der Waals surface area (Å²) in [5, 5.41) is 14.9. The van der Waals surface area contributed by atoms with E-state index in [1.165, 1.54) is 12.8 Å². The van der Waals surface area contributed by atoms with Gasteiger partial charge < -0.3 is 9.84 Å². The summed E-state index contributed by atoms with van der Waals surface area (Å²) in [6.07, 6.45) is 5.57. The Morgan fingerprint density at radius 1 is 1.47 bits per heavy atom. The van der Waals surface area contributed by atoms with Gasteiger partial charge in [0.1, 0.15) is 0 Å². The predicted octanol–water partition coefficient (Wildman–Crippen LogP) is 2.57. The van der Waals surface area contributed by atoms with Crippen molar-refractivity contribution in [3.63, 3.8) is 0 Å². The molecule has 1 aromatic rings. The highest BCUT2D eigenvalue weighted by atomic mass is 16.5. The molecule has 0 bridgehead atoms. The van der Waals surface area contributed by atoms with Gasteiger partial charge in [0.25, 0.3) is 0 Å². The molecule has 3 atom stereocenters. The van der Waals surface area contributed by atoms with Crippen LogP contribution >= 0.6 is 0 Å². The lowest BCUT2D eigenvalue weighted by Crippen LogP contribution is -2.33. The van der Waals surface area contributed by atoms with Crippen LogP contribution in [0.15, 0.2) is 12.3 Å². The van der Waals surface area contributed by atoms with Crippen molar-refractivity contribution in [1.82, 2.24) is 9.78 Å². The number of hydrogen-bond acceptors (Lipinski definition) is 3. The molecule has 108 valence electrons. The Labute approximate surface area is 115 Å². The van der Waals surface area contributed by atoms with E-state index in [1.807, 2.05) is 23.9 Å². The standard InChI is InChI=1S/C15H26N2O2/c1-4-11(3)17-9-8-13(16-17)10-14(18)15(19-5-2)12-6-7-12/h8-9,11-12,14-15,18H,4-7,10H2,1-3H3. The first-order valence-corrected chi connectivity index (χ1v) is 7.49. The molecule has 0 saturated heterocycles. The maximum Gasteiger partial charge on any atom is 0.0865 e. The predicted molar refractivity (Wildman–Crippen MR) is 75.1 cm³/mol. The summed E-state index contributed by atoms with van der Waals surface area (Å²) < 4.78 is 7.67. The van der Waals surface area contributed by atoms with Crippen molar-refractivity contribution in [2.75, 3.05) is 6.61 Å². The molecule has 0 spiro atoms. The van der Waals surface area contributed by atoms with Gasteiger partial charge in [-0.15, -0.1) is 0 Å². The van der Waals surface area contributed by atoms with E-state index in [2.05, 4.69) is 18.9 Å². The number of aliphatic hydroxyl groups excluding tert-OH is 1.